The Kier molecular flexibility index (Phi) is 6.23. The van der Waals surface area contributed by atoms with Crippen LogP contribution < -0.4 is 4.90 Å². The van der Waals surface area contributed by atoms with Crippen molar-refractivity contribution in [3.05, 3.63) is 33.9 Å². The normalized spacial score (nSPS) is 17.4. The molecular weight excluding hydrogens is 366 g/mol. The summed E-state index contributed by atoms with van der Waals surface area (Å²) in [7, 11) is 0. The summed E-state index contributed by atoms with van der Waals surface area (Å²) < 4.78 is 4.97. The number of esters is 1. The van der Waals surface area contributed by atoms with E-state index in [4.69, 9.17) is 4.74 Å². The summed E-state index contributed by atoms with van der Waals surface area (Å²) in [6.45, 7) is 1.24. The molecular formula is C19H23N3O6. The summed E-state index contributed by atoms with van der Waals surface area (Å²) in [5.41, 5.74) is 0.338. The number of imide groups is 1. The largest absolute Gasteiger partial charge is 0.452 e. The van der Waals surface area contributed by atoms with Gasteiger partial charge in [-0.2, -0.15) is 0 Å². The quantitative estimate of drug-likeness (QED) is 0.431. The molecule has 0 radical (unpaired) electrons. The summed E-state index contributed by atoms with van der Waals surface area (Å²) in [6.07, 6.45) is 5.05. The molecule has 0 spiro atoms. The van der Waals surface area contributed by atoms with Crippen molar-refractivity contribution in [2.24, 2.45) is 0 Å². The molecule has 0 aromatic heterocycles. The number of benzene rings is 1. The average Bonchev–Trinajstić information content (AvgIpc) is 2.94. The van der Waals surface area contributed by atoms with Crippen molar-refractivity contribution in [1.29, 1.82) is 0 Å². The van der Waals surface area contributed by atoms with Gasteiger partial charge in [0.1, 0.15) is 5.69 Å². The third kappa shape index (κ3) is 4.47. The van der Waals surface area contributed by atoms with Crippen LogP contribution in [0, 0.1) is 10.1 Å². The Morgan fingerprint density at radius 2 is 1.79 bits per heavy atom. The maximum atomic E-state index is 12.2. The average molecular weight is 389 g/mol. The third-order valence-electron chi connectivity index (χ3n) is 5.06. The molecule has 3 rings (SSSR count). The monoisotopic (exact) mass is 389 g/mol. The van der Waals surface area contributed by atoms with Gasteiger partial charge in [-0.1, -0.05) is 12.8 Å². The highest BCUT2D eigenvalue weighted by atomic mass is 16.6. The Morgan fingerprint density at radius 1 is 1.07 bits per heavy atom. The third-order valence-corrected chi connectivity index (χ3v) is 5.06. The molecule has 2 aliphatic heterocycles. The molecule has 0 bridgehead atoms. The van der Waals surface area contributed by atoms with Crippen molar-refractivity contribution in [1.82, 2.24) is 4.90 Å². The summed E-state index contributed by atoms with van der Waals surface area (Å²) in [5.74, 6) is -1.68. The Bertz CT molecular complexity index is 786. The van der Waals surface area contributed by atoms with Gasteiger partial charge in [-0.3, -0.25) is 24.6 Å². The molecule has 150 valence electrons. The van der Waals surface area contributed by atoms with E-state index < -0.39 is 23.4 Å². The van der Waals surface area contributed by atoms with E-state index in [0.29, 0.717) is 25.1 Å². The maximum absolute atomic E-state index is 12.2. The number of hydrogen-bond donors (Lipinski definition) is 0. The van der Waals surface area contributed by atoms with Crippen molar-refractivity contribution >= 4 is 29.2 Å². The number of anilines is 1. The van der Waals surface area contributed by atoms with E-state index in [1.165, 1.54) is 12.1 Å². The zero-order valence-corrected chi connectivity index (χ0v) is 15.6. The van der Waals surface area contributed by atoms with E-state index in [1.807, 2.05) is 4.90 Å². The topological polar surface area (TPSA) is 110 Å². The number of carbonyl (C=O) groups is 3. The molecule has 0 atom stereocenters. The van der Waals surface area contributed by atoms with Crippen LogP contribution in [0.5, 0.6) is 0 Å². The molecule has 0 aliphatic carbocycles. The van der Waals surface area contributed by atoms with Crippen LogP contribution in [0.4, 0.5) is 11.4 Å². The van der Waals surface area contributed by atoms with E-state index in [9.17, 15) is 24.5 Å². The molecule has 1 aromatic carbocycles. The lowest BCUT2D eigenvalue weighted by molar-refractivity contribution is -0.384. The number of ether oxygens (including phenoxy) is 1. The van der Waals surface area contributed by atoms with Gasteiger partial charge in [0.25, 0.3) is 11.6 Å². The summed E-state index contributed by atoms with van der Waals surface area (Å²) in [5, 5.41) is 11.5. The molecule has 28 heavy (non-hydrogen) atoms. The molecule has 0 unspecified atom stereocenters. The SMILES string of the molecule is O=C(OCC(=O)N1CCCC1=O)c1ccc(N2CCCCCC2)c([N+](=O)[O-])c1. The number of rotatable bonds is 5. The van der Waals surface area contributed by atoms with E-state index >= 15 is 0 Å². The number of likely N-dealkylation sites (tertiary alicyclic amines) is 1. The highest BCUT2D eigenvalue weighted by Gasteiger charge is 2.28. The number of nitro groups is 1. The predicted octanol–water partition coefficient (Wildman–Crippen LogP) is 2.28. The van der Waals surface area contributed by atoms with Crippen LogP contribution >= 0.6 is 0 Å². The standard InChI is InChI=1S/C19H23N3O6/c23-17-6-5-11-21(17)18(24)13-28-19(25)14-7-8-15(16(12-14)22(26)27)20-9-3-1-2-4-10-20/h7-8,12H,1-6,9-11,13H2. The van der Waals surface area contributed by atoms with Gasteiger partial charge in [0, 0.05) is 32.1 Å². The number of nitrogens with zero attached hydrogens (tertiary/aromatic N) is 3. The Morgan fingerprint density at radius 3 is 2.39 bits per heavy atom. The van der Waals surface area contributed by atoms with Crippen LogP contribution in [-0.4, -0.2) is 53.8 Å². The van der Waals surface area contributed by atoms with Gasteiger partial charge in [0.15, 0.2) is 6.61 Å². The fraction of sp³-hybridized carbons (Fsp3) is 0.526. The first-order valence-electron chi connectivity index (χ1n) is 9.51. The predicted molar refractivity (Wildman–Crippen MR) is 100 cm³/mol. The second-order valence-electron chi connectivity index (χ2n) is 6.98. The lowest BCUT2D eigenvalue weighted by Gasteiger charge is -2.22. The van der Waals surface area contributed by atoms with Gasteiger partial charge in [-0.25, -0.2) is 4.79 Å². The van der Waals surface area contributed by atoms with Gasteiger partial charge < -0.3 is 9.64 Å². The number of hydrogen-bond acceptors (Lipinski definition) is 7. The smallest absolute Gasteiger partial charge is 0.338 e. The van der Waals surface area contributed by atoms with Gasteiger partial charge in [-0.05, 0) is 31.4 Å². The highest BCUT2D eigenvalue weighted by Crippen LogP contribution is 2.31. The number of nitro benzene ring substituents is 1. The maximum Gasteiger partial charge on any atom is 0.338 e. The second kappa shape index (κ2) is 8.81. The highest BCUT2D eigenvalue weighted by molar-refractivity contribution is 5.99. The zero-order valence-electron chi connectivity index (χ0n) is 15.6. The van der Waals surface area contributed by atoms with Gasteiger partial charge in [0.2, 0.25) is 5.91 Å². The minimum absolute atomic E-state index is 0.00539. The van der Waals surface area contributed by atoms with Crippen molar-refractivity contribution in [3.8, 4) is 0 Å². The summed E-state index contributed by atoms with van der Waals surface area (Å²) >= 11 is 0. The molecule has 2 aliphatic rings. The molecule has 2 heterocycles. The zero-order chi connectivity index (χ0) is 20.1. The van der Waals surface area contributed by atoms with Crippen molar-refractivity contribution in [2.45, 2.75) is 38.5 Å². The van der Waals surface area contributed by atoms with E-state index in [2.05, 4.69) is 0 Å². The van der Waals surface area contributed by atoms with Crippen LogP contribution in [0.3, 0.4) is 0 Å². The molecule has 0 N–H and O–H groups in total. The van der Waals surface area contributed by atoms with Crippen LogP contribution in [0.1, 0.15) is 48.9 Å². The Labute approximate surface area is 162 Å². The Hall–Kier alpha value is -2.97. The first-order chi connectivity index (χ1) is 13.5. The number of carbonyl (C=O) groups excluding carboxylic acids is 3. The van der Waals surface area contributed by atoms with Crippen LogP contribution in [-0.2, 0) is 14.3 Å². The van der Waals surface area contributed by atoms with E-state index in [0.717, 1.165) is 43.7 Å². The van der Waals surface area contributed by atoms with Gasteiger partial charge in [0.05, 0.1) is 10.5 Å². The Balaban J connectivity index is 1.70. The molecule has 1 aromatic rings. The number of amides is 2. The molecule has 0 saturated carbocycles. The van der Waals surface area contributed by atoms with Crippen molar-refractivity contribution in [3.63, 3.8) is 0 Å². The lowest BCUT2D eigenvalue weighted by atomic mass is 10.1. The molecule has 2 saturated heterocycles. The fourth-order valence-corrected chi connectivity index (χ4v) is 3.58. The minimum atomic E-state index is -0.828. The van der Waals surface area contributed by atoms with E-state index in [1.54, 1.807) is 6.07 Å². The summed E-state index contributed by atoms with van der Waals surface area (Å²) in [4.78, 5) is 49.8. The fourth-order valence-electron chi connectivity index (χ4n) is 3.58. The van der Waals surface area contributed by atoms with Crippen LogP contribution in [0.2, 0.25) is 0 Å². The lowest BCUT2D eigenvalue weighted by Crippen LogP contribution is -2.35. The molecule has 2 amide bonds. The second-order valence-corrected chi connectivity index (χ2v) is 6.98. The van der Waals surface area contributed by atoms with Crippen molar-refractivity contribution < 1.29 is 24.0 Å². The van der Waals surface area contributed by atoms with Gasteiger partial charge in [-0.15, -0.1) is 0 Å². The van der Waals surface area contributed by atoms with Crippen molar-refractivity contribution in [2.75, 3.05) is 31.1 Å². The summed E-state index contributed by atoms with van der Waals surface area (Å²) in [6, 6.07) is 4.22. The first kappa shape index (κ1) is 19.8. The molecule has 9 heteroatoms. The first-order valence-corrected chi connectivity index (χ1v) is 9.51. The molecule has 2 fully saturated rings. The van der Waals surface area contributed by atoms with Gasteiger partial charge >= 0.3 is 5.97 Å². The van der Waals surface area contributed by atoms with Crippen LogP contribution in [0.25, 0.3) is 0 Å². The van der Waals surface area contributed by atoms with E-state index in [-0.39, 0.29) is 17.2 Å². The minimum Gasteiger partial charge on any atom is -0.452 e. The van der Waals surface area contributed by atoms with Crippen LogP contribution in [0.15, 0.2) is 18.2 Å². The molecule has 9 nitrogen and oxygen atoms in total.